The van der Waals surface area contributed by atoms with Gasteiger partial charge in [0.1, 0.15) is 17.7 Å². The summed E-state index contributed by atoms with van der Waals surface area (Å²) in [5.41, 5.74) is 1.42. The highest BCUT2D eigenvalue weighted by atomic mass is 19.1. The zero-order valence-corrected chi connectivity index (χ0v) is 14.4. The minimum Gasteiger partial charge on any atom is -0.490 e. The van der Waals surface area contributed by atoms with E-state index in [4.69, 9.17) is 4.74 Å². The SMILES string of the molecule is CCCC1CCC(C2CCc3cc(C(C)O)c(F)cc3O2)CC1. The van der Waals surface area contributed by atoms with Crippen molar-refractivity contribution in [1.82, 2.24) is 0 Å². The van der Waals surface area contributed by atoms with Gasteiger partial charge in [0.25, 0.3) is 0 Å². The van der Waals surface area contributed by atoms with E-state index >= 15 is 0 Å². The topological polar surface area (TPSA) is 29.5 Å². The lowest BCUT2D eigenvalue weighted by atomic mass is 9.76. The average molecular weight is 320 g/mol. The molecule has 1 aliphatic carbocycles. The summed E-state index contributed by atoms with van der Waals surface area (Å²) in [6.07, 6.45) is 9.19. The molecule has 128 valence electrons. The van der Waals surface area contributed by atoms with Gasteiger partial charge in [-0.15, -0.1) is 0 Å². The molecule has 0 aromatic heterocycles. The van der Waals surface area contributed by atoms with Gasteiger partial charge in [0.2, 0.25) is 0 Å². The highest BCUT2D eigenvalue weighted by molar-refractivity contribution is 5.40. The largest absolute Gasteiger partial charge is 0.490 e. The molecule has 0 saturated heterocycles. The Hall–Kier alpha value is -1.09. The molecule has 2 atom stereocenters. The van der Waals surface area contributed by atoms with Crippen LogP contribution in [0, 0.1) is 17.7 Å². The third-order valence-electron chi connectivity index (χ3n) is 5.72. The Morgan fingerprint density at radius 2 is 1.96 bits per heavy atom. The van der Waals surface area contributed by atoms with Crippen molar-refractivity contribution in [3.05, 3.63) is 29.1 Å². The van der Waals surface area contributed by atoms with Crippen LogP contribution in [0.4, 0.5) is 4.39 Å². The molecule has 2 nitrogen and oxygen atoms in total. The first-order valence-corrected chi connectivity index (χ1v) is 9.25. The van der Waals surface area contributed by atoms with Crippen LogP contribution in [0.15, 0.2) is 12.1 Å². The third-order valence-corrected chi connectivity index (χ3v) is 5.72. The van der Waals surface area contributed by atoms with Crippen LogP contribution < -0.4 is 4.74 Å². The monoisotopic (exact) mass is 320 g/mol. The molecule has 0 spiro atoms. The lowest BCUT2D eigenvalue weighted by molar-refractivity contribution is 0.0752. The zero-order valence-electron chi connectivity index (χ0n) is 14.4. The molecule has 1 saturated carbocycles. The van der Waals surface area contributed by atoms with Crippen LogP contribution in [0.25, 0.3) is 0 Å². The van der Waals surface area contributed by atoms with Crippen molar-refractivity contribution in [3.8, 4) is 5.75 Å². The van der Waals surface area contributed by atoms with Gasteiger partial charge in [-0.25, -0.2) is 4.39 Å². The molecular formula is C20H29FO2. The van der Waals surface area contributed by atoms with Crippen LogP contribution in [0.2, 0.25) is 0 Å². The molecular weight excluding hydrogens is 291 g/mol. The molecule has 1 heterocycles. The van der Waals surface area contributed by atoms with Gasteiger partial charge in [0, 0.05) is 11.6 Å². The highest BCUT2D eigenvalue weighted by Crippen LogP contribution is 2.39. The smallest absolute Gasteiger partial charge is 0.132 e. The quantitative estimate of drug-likeness (QED) is 0.828. The van der Waals surface area contributed by atoms with Crippen molar-refractivity contribution in [3.63, 3.8) is 0 Å². The summed E-state index contributed by atoms with van der Waals surface area (Å²) in [5.74, 6) is 1.86. The van der Waals surface area contributed by atoms with E-state index in [0.29, 0.717) is 17.2 Å². The molecule has 3 heteroatoms. The Kier molecular flexibility index (Phi) is 5.25. The number of aliphatic hydroxyl groups excluding tert-OH is 1. The van der Waals surface area contributed by atoms with E-state index in [1.807, 2.05) is 0 Å². The van der Waals surface area contributed by atoms with E-state index in [1.165, 1.54) is 44.6 Å². The van der Waals surface area contributed by atoms with E-state index in [2.05, 4.69) is 6.92 Å². The number of rotatable bonds is 4. The fourth-order valence-corrected chi connectivity index (χ4v) is 4.35. The Morgan fingerprint density at radius 1 is 1.22 bits per heavy atom. The van der Waals surface area contributed by atoms with Crippen molar-refractivity contribution in [2.45, 2.75) is 77.4 Å². The standard InChI is InChI=1S/C20H29FO2/c1-3-4-14-5-7-15(8-6-14)19-10-9-16-11-17(13(2)22)18(21)12-20(16)23-19/h11-15,19,22H,3-10H2,1-2H3. The van der Waals surface area contributed by atoms with Gasteiger partial charge in [-0.1, -0.05) is 32.6 Å². The molecule has 1 aromatic carbocycles. The summed E-state index contributed by atoms with van der Waals surface area (Å²) in [6, 6.07) is 3.26. The van der Waals surface area contributed by atoms with Gasteiger partial charge in [-0.3, -0.25) is 0 Å². The van der Waals surface area contributed by atoms with Crippen molar-refractivity contribution >= 4 is 0 Å². The van der Waals surface area contributed by atoms with Crippen LogP contribution in [0.3, 0.4) is 0 Å². The van der Waals surface area contributed by atoms with Crippen molar-refractivity contribution < 1.29 is 14.2 Å². The molecule has 0 amide bonds. The van der Waals surface area contributed by atoms with Crippen molar-refractivity contribution in [1.29, 1.82) is 0 Å². The number of aliphatic hydroxyl groups is 1. The number of hydrogen-bond donors (Lipinski definition) is 1. The number of benzene rings is 1. The minimum atomic E-state index is -0.771. The van der Waals surface area contributed by atoms with Crippen LogP contribution in [-0.2, 0) is 6.42 Å². The normalized spacial score (nSPS) is 28.8. The lowest BCUT2D eigenvalue weighted by Crippen LogP contribution is -2.33. The maximum atomic E-state index is 14.1. The van der Waals surface area contributed by atoms with Gasteiger partial charge in [0.15, 0.2) is 0 Å². The minimum absolute atomic E-state index is 0.238. The van der Waals surface area contributed by atoms with Gasteiger partial charge >= 0.3 is 0 Å². The van der Waals surface area contributed by atoms with Gasteiger partial charge in [0.05, 0.1) is 6.10 Å². The van der Waals surface area contributed by atoms with E-state index in [-0.39, 0.29) is 11.9 Å². The number of ether oxygens (including phenoxy) is 1. The zero-order chi connectivity index (χ0) is 16.4. The fourth-order valence-electron chi connectivity index (χ4n) is 4.35. The number of hydrogen-bond acceptors (Lipinski definition) is 2. The predicted octanol–water partition coefficient (Wildman–Crippen LogP) is 5.18. The molecule has 1 N–H and O–H groups in total. The summed E-state index contributed by atoms with van der Waals surface area (Å²) < 4.78 is 20.3. The van der Waals surface area contributed by atoms with Crippen molar-refractivity contribution in [2.24, 2.45) is 11.8 Å². The summed E-state index contributed by atoms with van der Waals surface area (Å²) in [7, 11) is 0. The second-order valence-corrected chi connectivity index (χ2v) is 7.42. The molecule has 1 aliphatic heterocycles. The summed E-state index contributed by atoms with van der Waals surface area (Å²) >= 11 is 0. The molecule has 0 radical (unpaired) electrons. The number of halogens is 1. The fraction of sp³-hybridized carbons (Fsp3) is 0.700. The van der Waals surface area contributed by atoms with Crippen LogP contribution in [0.1, 0.15) is 76.0 Å². The molecule has 2 unspecified atom stereocenters. The van der Waals surface area contributed by atoms with Crippen molar-refractivity contribution in [2.75, 3.05) is 0 Å². The summed E-state index contributed by atoms with van der Waals surface area (Å²) in [4.78, 5) is 0. The summed E-state index contributed by atoms with van der Waals surface area (Å²) in [6.45, 7) is 3.87. The number of aryl methyl sites for hydroxylation is 1. The predicted molar refractivity (Wildman–Crippen MR) is 90.1 cm³/mol. The first-order valence-electron chi connectivity index (χ1n) is 9.25. The van der Waals surface area contributed by atoms with Crippen LogP contribution in [-0.4, -0.2) is 11.2 Å². The number of fused-ring (bicyclic) bond motifs is 1. The molecule has 23 heavy (non-hydrogen) atoms. The Bertz CT molecular complexity index is 533. The van der Waals surface area contributed by atoms with Crippen LogP contribution >= 0.6 is 0 Å². The second kappa shape index (κ2) is 7.21. The molecule has 0 bridgehead atoms. The van der Waals surface area contributed by atoms with E-state index in [9.17, 15) is 9.50 Å². The van der Waals surface area contributed by atoms with E-state index in [0.717, 1.165) is 24.3 Å². The van der Waals surface area contributed by atoms with Gasteiger partial charge in [-0.2, -0.15) is 0 Å². The first-order chi connectivity index (χ1) is 11.1. The Balaban J connectivity index is 1.65. The van der Waals surface area contributed by atoms with Crippen LogP contribution in [0.5, 0.6) is 5.75 Å². The Labute approximate surface area is 139 Å². The first kappa shape index (κ1) is 16.8. The maximum absolute atomic E-state index is 14.1. The highest BCUT2D eigenvalue weighted by Gasteiger charge is 2.31. The third kappa shape index (κ3) is 3.71. The van der Waals surface area contributed by atoms with E-state index < -0.39 is 6.10 Å². The molecule has 3 rings (SSSR count). The average Bonchev–Trinajstić information content (AvgIpc) is 2.54. The molecule has 1 fully saturated rings. The molecule has 2 aliphatic rings. The maximum Gasteiger partial charge on any atom is 0.132 e. The Morgan fingerprint density at radius 3 is 2.61 bits per heavy atom. The summed E-state index contributed by atoms with van der Waals surface area (Å²) in [5, 5.41) is 9.65. The van der Waals surface area contributed by atoms with Gasteiger partial charge in [-0.05, 0) is 56.1 Å². The molecule has 1 aromatic rings. The second-order valence-electron chi connectivity index (χ2n) is 7.42. The lowest BCUT2D eigenvalue weighted by Gasteiger charge is -2.36. The van der Waals surface area contributed by atoms with E-state index in [1.54, 1.807) is 13.0 Å². The van der Waals surface area contributed by atoms with Gasteiger partial charge < -0.3 is 9.84 Å².